The number of aromatic amines is 2. The van der Waals surface area contributed by atoms with Gasteiger partial charge in [-0.3, -0.25) is 14.5 Å². The Morgan fingerprint density at radius 1 is 0.778 bits per heavy atom. The van der Waals surface area contributed by atoms with Crippen molar-refractivity contribution < 1.29 is 23.9 Å². The number of rotatable bonds is 14. The molecule has 2 aliphatic heterocycles. The number of aromatic nitrogens is 4. The van der Waals surface area contributed by atoms with Crippen molar-refractivity contribution in [2.24, 2.45) is 5.92 Å². The Bertz CT molecular complexity index is 1870. The van der Waals surface area contributed by atoms with E-state index in [1.807, 2.05) is 36.0 Å². The highest BCUT2D eigenvalue weighted by atomic mass is 16.5. The third-order valence-electron chi connectivity index (χ3n) is 10.9. The average molecular weight is 739 g/mol. The molecule has 0 spiro atoms. The number of H-pyrrole nitrogens is 2. The summed E-state index contributed by atoms with van der Waals surface area (Å²) in [4.78, 5) is 61.5. The van der Waals surface area contributed by atoms with Crippen molar-refractivity contribution in [2.75, 3.05) is 47.0 Å². The van der Waals surface area contributed by atoms with Gasteiger partial charge < -0.3 is 34.6 Å². The number of nitrogens with one attached hydrogen (secondary N) is 3. The second-order valence-corrected chi connectivity index (χ2v) is 14.4. The summed E-state index contributed by atoms with van der Waals surface area (Å²) in [6.07, 6.45) is 6.52. The molecule has 0 bridgehead atoms. The third kappa shape index (κ3) is 8.22. The maximum absolute atomic E-state index is 13.7. The largest absolute Gasteiger partial charge is 0.453 e. The van der Waals surface area contributed by atoms with Gasteiger partial charge in [0.2, 0.25) is 11.8 Å². The molecule has 3 amide bonds. The molecule has 2 fully saturated rings. The topological polar surface area (TPSA) is 149 Å². The molecule has 4 atom stereocenters. The van der Waals surface area contributed by atoms with Gasteiger partial charge in [0.1, 0.15) is 23.7 Å². The fraction of sp³-hybridized carbons (Fsp3) is 0.488. The van der Waals surface area contributed by atoms with Crippen molar-refractivity contribution in [2.45, 2.75) is 77.5 Å². The number of methoxy groups -OCH3 is 2. The summed E-state index contributed by atoms with van der Waals surface area (Å²) in [5.41, 5.74) is 5.98. The summed E-state index contributed by atoms with van der Waals surface area (Å²) in [6.45, 7) is 11.2. The molecule has 0 saturated carbocycles. The Labute approximate surface area is 317 Å². The molecule has 288 valence electrons. The number of carbonyl (C=O) groups is 3. The number of alkyl carbamates (subject to hydrolysis) is 1. The summed E-state index contributed by atoms with van der Waals surface area (Å²) in [7, 11) is 2.94. The number of hydrogen-bond acceptors (Lipinski definition) is 8. The number of carbonyl (C=O) groups excluding carboxylic acids is 3. The maximum Gasteiger partial charge on any atom is 0.407 e. The van der Waals surface area contributed by atoms with E-state index in [1.165, 1.54) is 7.11 Å². The zero-order chi connectivity index (χ0) is 38.4. The fourth-order valence-electron chi connectivity index (χ4n) is 7.84. The maximum atomic E-state index is 13.7. The van der Waals surface area contributed by atoms with Gasteiger partial charge in [-0.2, -0.15) is 0 Å². The number of likely N-dealkylation sites (N-methyl/N-ethyl adjacent to an activating group) is 1. The Balaban J connectivity index is 1.11. The number of amides is 3. The fourth-order valence-corrected chi connectivity index (χ4v) is 7.84. The zero-order valence-electron chi connectivity index (χ0n) is 32.3. The average Bonchev–Trinajstić information content (AvgIpc) is 4.03. The van der Waals surface area contributed by atoms with E-state index in [0.29, 0.717) is 19.7 Å². The first-order valence-corrected chi connectivity index (χ1v) is 19.2. The van der Waals surface area contributed by atoms with Crippen LogP contribution in [0.15, 0.2) is 60.9 Å². The first-order valence-electron chi connectivity index (χ1n) is 19.2. The molecule has 2 aromatic heterocycles. The van der Waals surface area contributed by atoms with Crippen LogP contribution in [-0.4, -0.2) is 112 Å². The van der Waals surface area contributed by atoms with Crippen molar-refractivity contribution in [1.82, 2.24) is 40.0 Å². The molecule has 4 aromatic rings. The van der Waals surface area contributed by atoms with Gasteiger partial charge in [0.15, 0.2) is 0 Å². The van der Waals surface area contributed by atoms with Crippen molar-refractivity contribution in [3.8, 4) is 33.6 Å². The quantitative estimate of drug-likeness (QED) is 0.139. The van der Waals surface area contributed by atoms with Crippen LogP contribution in [-0.2, 0) is 19.1 Å². The highest BCUT2D eigenvalue weighted by Gasteiger charge is 2.39. The van der Waals surface area contributed by atoms with E-state index in [1.54, 1.807) is 7.11 Å². The van der Waals surface area contributed by atoms with Crippen molar-refractivity contribution in [1.29, 1.82) is 0 Å². The molecule has 2 saturated heterocycles. The molecule has 2 aliphatic rings. The number of ether oxygens (including phenoxy) is 2. The van der Waals surface area contributed by atoms with Gasteiger partial charge >= 0.3 is 6.09 Å². The van der Waals surface area contributed by atoms with Crippen LogP contribution < -0.4 is 5.32 Å². The van der Waals surface area contributed by atoms with Gasteiger partial charge in [-0.1, -0.05) is 76.2 Å². The molecule has 3 N–H and O–H groups in total. The predicted octanol–water partition coefficient (Wildman–Crippen LogP) is 6.20. The van der Waals surface area contributed by atoms with E-state index >= 15 is 0 Å². The lowest BCUT2D eigenvalue weighted by Gasteiger charge is -2.33. The van der Waals surface area contributed by atoms with Crippen LogP contribution in [0.1, 0.15) is 77.1 Å². The van der Waals surface area contributed by atoms with Crippen molar-refractivity contribution >= 4 is 17.9 Å². The lowest BCUT2D eigenvalue weighted by atomic mass is 10.0. The molecule has 13 heteroatoms. The Morgan fingerprint density at radius 2 is 1.24 bits per heavy atom. The number of hydrogen-bond donors (Lipinski definition) is 3. The van der Waals surface area contributed by atoms with Gasteiger partial charge in [0.25, 0.3) is 0 Å². The molecule has 13 nitrogen and oxygen atoms in total. The first-order chi connectivity index (χ1) is 26.2. The monoisotopic (exact) mass is 738 g/mol. The minimum absolute atomic E-state index is 0.0860. The molecule has 0 unspecified atom stereocenters. The summed E-state index contributed by atoms with van der Waals surface area (Å²) in [5, 5.41) is 2.70. The predicted molar refractivity (Wildman–Crippen MR) is 207 cm³/mol. The molecule has 4 heterocycles. The summed E-state index contributed by atoms with van der Waals surface area (Å²) in [5.74, 6) is 1.43. The highest BCUT2D eigenvalue weighted by Crippen LogP contribution is 2.35. The molecule has 2 aromatic carbocycles. The van der Waals surface area contributed by atoms with E-state index in [9.17, 15) is 14.4 Å². The van der Waals surface area contributed by atoms with Gasteiger partial charge in [-0.05, 0) is 66.9 Å². The van der Waals surface area contributed by atoms with E-state index in [4.69, 9.17) is 14.5 Å². The lowest BCUT2D eigenvalue weighted by Crippen LogP contribution is -2.51. The van der Waals surface area contributed by atoms with Crippen molar-refractivity contribution in [3.63, 3.8) is 0 Å². The Morgan fingerprint density at radius 3 is 1.67 bits per heavy atom. The number of nitrogens with zero attached hydrogens (tertiary/aromatic N) is 5. The SMILES string of the molecule is CCN(CC)[C@@H](COC)C(=O)N1CCC[C@H]1c1ncc(-c2ccc(-c3ccc(-c4cnc([C@@H]5CCCN5C(=O)[C@@H](NC(=O)OC)C(C)C)[nH]4)cc3)cc2)[nH]1. The van der Waals surface area contributed by atoms with Crippen LogP contribution in [0.25, 0.3) is 33.6 Å². The van der Waals surface area contributed by atoms with Gasteiger partial charge in [0, 0.05) is 20.2 Å². The smallest absolute Gasteiger partial charge is 0.407 e. The molecule has 0 radical (unpaired) electrons. The zero-order valence-corrected chi connectivity index (χ0v) is 32.3. The summed E-state index contributed by atoms with van der Waals surface area (Å²) >= 11 is 0. The molecule has 54 heavy (non-hydrogen) atoms. The Kier molecular flexibility index (Phi) is 12.5. The van der Waals surface area contributed by atoms with Gasteiger partial charge in [-0.25, -0.2) is 14.8 Å². The van der Waals surface area contributed by atoms with Gasteiger partial charge in [-0.15, -0.1) is 0 Å². The normalized spacial score (nSPS) is 18.4. The minimum atomic E-state index is -0.677. The molecular weight excluding hydrogens is 685 g/mol. The lowest BCUT2D eigenvalue weighted by molar-refractivity contribution is -0.140. The second-order valence-electron chi connectivity index (χ2n) is 14.4. The first kappa shape index (κ1) is 38.7. The van der Waals surface area contributed by atoms with Crippen LogP contribution in [0.5, 0.6) is 0 Å². The van der Waals surface area contributed by atoms with Crippen LogP contribution in [0.3, 0.4) is 0 Å². The second kappa shape index (κ2) is 17.4. The standard InChI is InChI=1S/C41H54N8O5/c1-7-47(8-2)35(25-53-5)39(50)48-21-9-11-33(48)37-42-23-31(44-37)29-17-13-27(14-18-29)28-15-19-30(20-16-28)32-24-43-38(45-32)34-12-10-22-49(34)40(51)36(26(3)4)46-41(52)54-6/h13-20,23-24,26,33-36H,7-12,21-22,25H2,1-6H3,(H,42,44)(H,43,45)(H,46,52)/t33-,34-,35-,36-/m0/s1. The van der Waals surface area contributed by atoms with E-state index in [-0.39, 0.29) is 35.9 Å². The van der Waals surface area contributed by atoms with Gasteiger partial charge in [0.05, 0.1) is 49.6 Å². The number of likely N-dealkylation sites (tertiary alicyclic amines) is 2. The van der Waals surface area contributed by atoms with Crippen LogP contribution in [0.2, 0.25) is 0 Å². The summed E-state index contributed by atoms with van der Waals surface area (Å²) in [6, 6.07) is 15.5. The van der Waals surface area contributed by atoms with Crippen LogP contribution >= 0.6 is 0 Å². The minimum Gasteiger partial charge on any atom is -0.453 e. The Hall–Kier alpha value is -5.01. The molecule has 6 rings (SSSR count). The van der Waals surface area contributed by atoms with E-state index in [2.05, 4.69) is 87.5 Å². The van der Waals surface area contributed by atoms with Crippen LogP contribution in [0.4, 0.5) is 4.79 Å². The highest BCUT2D eigenvalue weighted by molar-refractivity contribution is 5.86. The molecule has 0 aliphatic carbocycles. The number of imidazole rings is 2. The number of benzene rings is 2. The molecular formula is C41H54N8O5. The van der Waals surface area contributed by atoms with E-state index in [0.717, 1.165) is 84.1 Å². The van der Waals surface area contributed by atoms with E-state index < -0.39 is 12.1 Å². The summed E-state index contributed by atoms with van der Waals surface area (Å²) < 4.78 is 10.2. The third-order valence-corrected chi connectivity index (χ3v) is 10.9. The van der Waals surface area contributed by atoms with Crippen molar-refractivity contribution in [3.05, 3.63) is 72.6 Å². The van der Waals surface area contributed by atoms with Crippen LogP contribution in [0, 0.1) is 5.92 Å².